The zero-order valence-corrected chi connectivity index (χ0v) is 11.5. The zero-order chi connectivity index (χ0) is 13.4. The fraction of sp³-hybridized carbons (Fsp3) is 0.467. The van der Waals surface area contributed by atoms with Crippen LogP contribution in [0.3, 0.4) is 0 Å². The number of likely N-dealkylation sites (N-methyl/N-ethyl adjacent to an activating group) is 1. The molecule has 2 aliphatic rings. The number of amides is 1. The lowest BCUT2D eigenvalue weighted by molar-refractivity contribution is -0.117. The normalized spacial score (nSPS) is 17.9. The first-order valence-corrected chi connectivity index (χ1v) is 6.88. The molecule has 100 valence electrons. The van der Waals surface area contributed by atoms with Crippen LogP contribution < -0.4 is 5.32 Å². The Bertz CT molecular complexity index is 557. The van der Waals surface area contributed by atoms with Gasteiger partial charge in [0.15, 0.2) is 0 Å². The molecular formula is C15H19N3O. The Morgan fingerprint density at radius 1 is 1.32 bits per heavy atom. The second-order valence-electron chi connectivity index (χ2n) is 5.22. The minimum absolute atomic E-state index is 0.0255. The summed E-state index contributed by atoms with van der Waals surface area (Å²) in [7, 11) is 1.69. The first kappa shape index (κ1) is 12.2. The molecule has 0 unspecified atom stereocenters. The number of pyridine rings is 1. The van der Waals surface area contributed by atoms with E-state index in [2.05, 4.69) is 21.3 Å². The van der Waals surface area contributed by atoms with Crippen molar-refractivity contribution in [1.29, 1.82) is 0 Å². The first-order valence-electron chi connectivity index (χ1n) is 6.88. The van der Waals surface area contributed by atoms with E-state index < -0.39 is 0 Å². The van der Waals surface area contributed by atoms with Crippen LogP contribution in [0.1, 0.15) is 29.8 Å². The molecule has 0 bridgehead atoms. The monoisotopic (exact) mass is 257 g/mol. The van der Waals surface area contributed by atoms with Crippen molar-refractivity contribution in [2.45, 2.75) is 26.2 Å². The van der Waals surface area contributed by atoms with Crippen LogP contribution in [0, 0.1) is 6.92 Å². The van der Waals surface area contributed by atoms with Crippen molar-refractivity contribution in [1.82, 2.24) is 15.2 Å². The molecule has 1 N–H and O–H groups in total. The Labute approximate surface area is 113 Å². The van der Waals surface area contributed by atoms with Crippen LogP contribution in [-0.4, -0.2) is 35.9 Å². The Hall–Kier alpha value is -1.84. The van der Waals surface area contributed by atoms with E-state index in [9.17, 15) is 4.79 Å². The molecule has 0 spiro atoms. The molecule has 0 aromatic carbocycles. The molecule has 0 saturated carbocycles. The van der Waals surface area contributed by atoms with Gasteiger partial charge in [0.2, 0.25) is 5.91 Å². The lowest BCUT2D eigenvalue weighted by atomic mass is 10.1. The number of likely N-dealkylation sites (tertiary alicyclic amines) is 1. The second-order valence-corrected chi connectivity index (χ2v) is 5.22. The van der Waals surface area contributed by atoms with Crippen molar-refractivity contribution in [2.24, 2.45) is 0 Å². The van der Waals surface area contributed by atoms with Crippen LogP contribution in [0.25, 0.3) is 5.70 Å². The molecule has 2 heterocycles. The maximum atomic E-state index is 12.1. The number of nitrogens with zero attached hydrogens (tertiary/aromatic N) is 2. The predicted octanol–water partition coefficient (Wildman–Crippen LogP) is 1.50. The minimum atomic E-state index is 0.0255. The highest BCUT2D eigenvalue weighted by molar-refractivity contribution is 6.03. The van der Waals surface area contributed by atoms with Crippen LogP contribution >= 0.6 is 0 Å². The van der Waals surface area contributed by atoms with E-state index in [0.29, 0.717) is 6.42 Å². The fourth-order valence-corrected chi connectivity index (χ4v) is 3.02. The Morgan fingerprint density at radius 3 is 2.74 bits per heavy atom. The van der Waals surface area contributed by atoms with Gasteiger partial charge in [-0.05, 0) is 31.9 Å². The van der Waals surface area contributed by atoms with Gasteiger partial charge in [-0.15, -0.1) is 0 Å². The number of rotatable bonds is 2. The van der Waals surface area contributed by atoms with Gasteiger partial charge in [0.25, 0.3) is 0 Å². The Balaban J connectivity index is 2.08. The molecule has 0 radical (unpaired) electrons. The van der Waals surface area contributed by atoms with Crippen molar-refractivity contribution >= 4 is 11.6 Å². The second kappa shape index (κ2) is 4.68. The minimum Gasteiger partial charge on any atom is -0.371 e. The highest BCUT2D eigenvalue weighted by atomic mass is 16.1. The van der Waals surface area contributed by atoms with Crippen LogP contribution in [0.5, 0.6) is 0 Å². The van der Waals surface area contributed by atoms with E-state index in [0.717, 1.165) is 41.3 Å². The van der Waals surface area contributed by atoms with Gasteiger partial charge in [0, 0.05) is 43.4 Å². The summed E-state index contributed by atoms with van der Waals surface area (Å²) in [4.78, 5) is 19.0. The number of hydrogen-bond acceptors (Lipinski definition) is 3. The summed E-state index contributed by atoms with van der Waals surface area (Å²) >= 11 is 0. The van der Waals surface area contributed by atoms with Crippen molar-refractivity contribution < 1.29 is 4.79 Å². The molecule has 1 aromatic heterocycles. The molecule has 1 aliphatic carbocycles. The van der Waals surface area contributed by atoms with E-state index in [4.69, 9.17) is 0 Å². The molecule has 1 amide bonds. The van der Waals surface area contributed by atoms with E-state index in [1.807, 2.05) is 13.0 Å². The molecule has 1 saturated heterocycles. The Kier molecular flexibility index (Phi) is 3.01. The summed E-state index contributed by atoms with van der Waals surface area (Å²) in [6, 6.07) is 4.14. The summed E-state index contributed by atoms with van der Waals surface area (Å²) in [5.41, 5.74) is 5.18. The maximum Gasteiger partial charge on any atom is 0.249 e. The number of aryl methyl sites for hydroxylation is 1. The molecule has 4 heteroatoms. The van der Waals surface area contributed by atoms with Crippen LogP contribution in [0.2, 0.25) is 0 Å². The van der Waals surface area contributed by atoms with Crippen LogP contribution in [-0.2, 0) is 11.2 Å². The summed E-state index contributed by atoms with van der Waals surface area (Å²) in [5, 5.41) is 2.76. The molecule has 1 fully saturated rings. The highest BCUT2D eigenvalue weighted by Gasteiger charge is 2.31. The topological polar surface area (TPSA) is 45.2 Å². The molecule has 19 heavy (non-hydrogen) atoms. The molecule has 0 atom stereocenters. The number of hydrogen-bond donors (Lipinski definition) is 1. The lowest BCUT2D eigenvalue weighted by Crippen LogP contribution is -2.25. The zero-order valence-electron chi connectivity index (χ0n) is 11.5. The maximum absolute atomic E-state index is 12.1. The third kappa shape index (κ3) is 2.01. The third-order valence-electron chi connectivity index (χ3n) is 3.92. The molecule has 1 aliphatic heterocycles. The number of aromatic nitrogens is 1. The fourth-order valence-electron chi connectivity index (χ4n) is 3.02. The van der Waals surface area contributed by atoms with E-state index in [1.165, 1.54) is 12.8 Å². The van der Waals surface area contributed by atoms with Gasteiger partial charge in [0.1, 0.15) is 0 Å². The van der Waals surface area contributed by atoms with Gasteiger partial charge in [-0.25, -0.2) is 0 Å². The quantitative estimate of drug-likeness (QED) is 0.873. The number of carbonyl (C=O) groups is 1. The van der Waals surface area contributed by atoms with Crippen LogP contribution in [0.15, 0.2) is 17.7 Å². The molecule has 4 nitrogen and oxygen atoms in total. The Morgan fingerprint density at radius 2 is 2.05 bits per heavy atom. The number of nitrogens with one attached hydrogen (secondary N) is 1. The highest BCUT2D eigenvalue weighted by Crippen LogP contribution is 2.36. The van der Waals surface area contributed by atoms with Gasteiger partial charge in [-0.3, -0.25) is 9.78 Å². The van der Waals surface area contributed by atoms with Gasteiger partial charge in [0.05, 0.1) is 11.4 Å². The van der Waals surface area contributed by atoms with Crippen molar-refractivity contribution in [3.63, 3.8) is 0 Å². The average molecular weight is 257 g/mol. The van der Waals surface area contributed by atoms with Crippen molar-refractivity contribution in [3.8, 4) is 0 Å². The molecule has 1 aromatic rings. The first-order chi connectivity index (χ1) is 9.20. The standard InChI is InChI=1S/C15H19N3O/c1-10-5-6-11-13(17-10)9-12(15(19)16-2)14(11)18-7-3-4-8-18/h5-6H,3-4,7-9H2,1-2H3,(H,16,19). The van der Waals surface area contributed by atoms with Crippen molar-refractivity contribution in [2.75, 3.05) is 20.1 Å². The smallest absolute Gasteiger partial charge is 0.249 e. The SMILES string of the molecule is CNC(=O)C1=C(N2CCCC2)c2ccc(C)nc2C1. The van der Waals surface area contributed by atoms with Gasteiger partial charge >= 0.3 is 0 Å². The molecule has 3 rings (SSSR count). The lowest BCUT2D eigenvalue weighted by Gasteiger charge is -2.21. The van der Waals surface area contributed by atoms with Gasteiger partial charge in [-0.2, -0.15) is 0 Å². The predicted molar refractivity (Wildman–Crippen MR) is 74.5 cm³/mol. The van der Waals surface area contributed by atoms with E-state index >= 15 is 0 Å². The largest absolute Gasteiger partial charge is 0.371 e. The van der Waals surface area contributed by atoms with Crippen molar-refractivity contribution in [3.05, 3.63) is 34.7 Å². The summed E-state index contributed by atoms with van der Waals surface area (Å²) in [6.45, 7) is 4.08. The number of carbonyl (C=O) groups excluding carboxylic acids is 1. The average Bonchev–Trinajstić information content (AvgIpc) is 3.03. The van der Waals surface area contributed by atoms with Gasteiger partial charge < -0.3 is 10.2 Å². The summed E-state index contributed by atoms with van der Waals surface area (Å²) in [6.07, 6.45) is 3.07. The number of fused-ring (bicyclic) bond motifs is 1. The summed E-state index contributed by atoms with van der Waals surface area (Å²) in [5.74, 6) is 0.0255. The van der Waals surface area contributed by atoms with Crippen LogP contribution in [0.4, 0.5) is 0 Å². The van der Waals surface area contributed by atoms with Gasteiger partial charge in [-0.1, -0.05) is 0 Å². The van der Waals surface area contributed by atoms with E-state index in [1.54, 1.807) is 7.05 Å². The third-order valence-corrected chi connectivity index (χ3v) is 3.92. The molecular weight excluding hydrogens is 238 g/mol. The van der Waals surface area contributed by atoms with E-state index in [-0.39, 0.29) is 5.91 Å². The summed E-state index contributed by atoms with van der Waals surface area (Å²) < 4.78 is 0.